The van der Waals surface area contributed by atoms with Crippen LogP contribution >= 0.6 is 11.6 Å². The van der Waals surface area contributed by atoms with Crippen LogP contribution in [0.3, 0.4) is 0 Å². The Morgan fingerprint density at radius 2 is 1.85 bits per heavy atom. The normalized spacial score (nSPS) is 11.9. The third-order valence-electron chi connectivity index (χ3n) is 5.20. The van der Waals surface area contributed by atoms with Crippen molar-refractivity contribution >= 4 is 28.8 Å². The van der Waals surface area contributed by atoms with Gasteiger partial charge in [-0.3, -0.25) is 9.48 Å². The third-order valence-corrected chi connectivity index (χ3v) is 5.55. The number of hydrogen-bond acceptors (Lipinski definition) is 4. The molecule has 0 aliphatic carbocycles. The molecule has 11 heteroatoms. The molecule has 0 aliphatic rings. The third kappa shape index (κ3) is 4.30. The number of aryl methyl sites for hydroxylation is 3. The van der Waals surface area contributed by atoms with Gasteiger partial charge in [-0.25, -0.2) is 9.50 Å². The molecular weight excluding hydrogens is 457 g/mol. The largest absolute Gasteiger partial charge is 0.433 e. The minimum Gasteiger partial charge on any atom is -0.317 e. The number of halogens is 4. The zero-order valence-corrected chi connectivity index (χ0v) is 19.0. The number of nitrogens with zero attached hydrogens (tertiary/aromatic N) is 5. The van der Waals surface area contributed by atoms with E-state index in [0.29, 0.717) is 28.1 Å². The lowest BCUT2D eigenvalue weighted by atomic mass is 10.1. The van der Waals surface area contributed by atoms with Crippen molar-refractivity contribution < 1.29 is 18.0 Å². The molecule has 0 bridgehead atoms. The van der Waals surface area contributed by atoms with Gasteiger partial charge in [-0.2, -0.15) is 23.4 Å². The number of carbonyl (C=O) groups excluding carboxylic acids is 1. The van der Waals surface area contributed by atoms with Gasteiger partial charge in [0.2, 0.25) is 0 Å². The summed E-state index contributed by atoms with van der Waals surface area (Å²) in [6, 6.07) is 8.82. The maximum absolute atomic E-state index is 13.5. The van der Waals surface area contributed by atoms with Crippen LogP contribution in [0, 0.1) is 27.7 Å². The van der Waals surface area contributed by atoms with Gasteiger partial charge in [-0.05, 0) is 39.3 Å². The Bertz CT molecular complexity index is 1390. The van der Waals surface area contributed by atoms with E-state index in [1.54, 1.807) is 18.5 Å². The first-order valence-electron chi connectivity index (χ1n) is 9.99. The molecule has 3 heterocycles. The van der Waals surface area contributed by atoms with Crippen LogP contribution < -0.4 is 5.32 Å². The Hall–Kier alpha value is -3.40. The maximum Gasteiger partial charge on any atom is 0.433 e. The zero-order valence-electron chi connectivity index (χ0n) is 18.3. The van der Waals surface area contributed by atoms with Gasteiger partial charge >= 0.3 is 6.18 Å². The predicted octanol–water partition coefficient (Wildman–Crippen LogP) is 5.13. The number of alkyl halides is 3. The first-order valence-corrected chi connectivity index (χ1v) is 10.4. The molecule has 1 aromatic carbocycles. The smallest absolute Gasteiger partial charge is 0.317 e. The summed E-state index contributed by atoms with van der Waals surface area (Å²) in [7, 11) is 0. The van der Waals surface area contributed by atoms with E-state index in [-0.39, 0.29) is 22.1 Å². The Kier molecular flexibility index (Phi) is 5.65. The first kappa shape index (κ1) is 22.8. The molecule has 0 aliphatic heterocycles. The van der Waals surface area contributed by atoms with Gasteiger partial charge in [0, 0.05) is 5.69 Å². The lowest BCUT2D eigenvalue weighted by molar-refractivity contribution is -0.142. The molecule has 3 aromatic heterocycles. The molecule has 33 heavy (non-hydrogen) atoms. The minimum atomic E-state index is -4.70. The van der Waals surface area contributed by atoms with Crippen LogP contribution in [0.4, 0.5) is 18.9 Å². The number of nitrogens with one attached hydrogen (secondary N) is 1. The van der Waals surface area contributed by atoms with E-state index in [2.05, 4.69) is 20.5 Å². The first-order chi connectivity index (χ1) is 15.5. The lowest BCUT2D eigenvalue weighted by Crippen LogP contribution is -2.16. The van der Waals surface area contributed by atoms with E-state index in [0.717, 1.165) is 17.2 Å². The van der Waals surface area contributed by atoms with Gasteiger partial charge in [0.1, 0.15) is 10.7 Å². The molecule has 0 saturated heterocycles. The number of carbonyl (C=O) groups is 1. The molecule has 0 unspecified atom stereocenters. The number of anilines is 1. The summed E-state index contributed by atoms with van der Waals surface area (Å²) in [5, 5.41) is 10.7. The molecule has 4 aromatic rings. The van der Waals surface area contributed by atoms with Gasteiger partial charge in [0.05, 0.1) is 23.6 Å². The molecule has 0 fully saturated rings. The zero-order chi connectivity index (χ0) is 24.1. The number of fused-ring (bicyclic) bond motifs is 1. The second-order valence-corrected chi connectivity index (χ2v) is 8.20. The molecule has 7 nitrogen and oxygen atoms in total. The minimum absolute atomic E-state index is 0.104. The summed E-state index contributed by atoms with van der Waals surface area (Å²) in [5.74, 6) is -0.752. The molecular formula is C22H20ClF3N6O. The van der Waals surface area contributed by atoms with Gasteiger partial charge < -0.3 is 5.32 Å². The number of amides is 1. The molecule has 0 spiro atoms. The van der Waals surface area contributed by atoms with E-state index >= 15 is 0 Å². The molecule has 172 valence electrons. The summed E-state index contributed by atoms with van der Waals surface area (Å²) in [6.45, 7) is 7.43. The van der Waals surface area contributed by atoms with Crippen LogP contribution in [-0.2, 0) is 12.7 Å². The molecule has 4 rings (SSSR count). The highest BCUT2D eigenvalue weighted by Gasteiger charge is 2.36. The Labute approximate surface area is 192 Å². The predicted molar refractivity (Wildman–Crippen MR) is 118 cm³/mol. The van der Waals surface area contributed by atoms with Crippen LogP contribution in [0.25, 0.3) is 5.65 Å². The highest BCUT2D eigenvalue weighted by atomic mass is 35.5. The second-order valence-electron chi connectivity index (χ2n) is 7.83. The number of rotatable bonds is 4. The van der Waals surface area contributed by atoms with Crippen LogP contribution in [0.5, 0.6) is 0 Å². The van der Waals surface area contributed by atoms with E-state index in [1.165, 1.54) is 6.92 Å². The Morgan fingerprint density at radius 3 is 2.52 bits per heavy atom. The fourth-order valence-electron chi connectivity index (χ4n) is 3.65. The highest BCUT2D eigenvalue weighted by molar-refractivity contribution is 6.37. The summed E-state index contributed by atoms with van der Waals surface area (Å²) >= 11 is 6.22. The van der Waals surface area contributed by atoms with Crippen LogP contribution in [0.1, 0.15) is 44.4 Å². The average molecular weight is 477 g/mol. The average Bonchev–Trinajstić information content (AvgIpc) is 3.18. The lowest BCUT2D eigenvalue weighted by Gasteiger charge is -2.09. The van der Waals surface area contributed by atoms with Crippen molar-refractivity contribution in [2.45, 2.75) is 40.4 Å². The molecule has 0 atom stereocenters. The Balaban J connectivity index is 1.68. The van der Waals surface area contributed by atoms with Crippen LogP contribution in [-0.4, -0.2) is 30.3 Å². The molecule has 1 amide bonds. The summed E-state index contributed by atoms with van der Waals surface area (Å²) in [4.78, 5) is 17.0. The van der Waals surface area contributed by atoms with Crippen molar-refractivity contribution in [1.82, 2.24) is 24.4 Å². The van der Waals surface area contributed by atoms with Gasteiger partial charge in [0.25, 0.3) is 5.91 Å². The van der Waals surface area contributed by atoms with Crippen molar-refractivity contribution in [3.63, 3.8) is 0 Å². The standard InChI is InChI=1S/C22H20ClF3N6O/c1-11-6-5-7-15(8-11)10-31-14(4)18(13(3)29-31)28-21(33)19-17(23)20-27-12(2)9-16(22(24,25)26)32(20)30-19/h5-9H,10H2,1-4H3,(H,28,33). The fourth-order valence-corrected chi connectivity index (χ4v) is 3.89. The monoisotopic (exact) mass is 476 g/mol. The van der Waals surface area contributed by atoms with Crippen molar-refractivity contribution in [2.75, 3.05) is 5.32 Å². The molecule has 1 N–H and O–H groups in total. The van der Waals surface area contributed by atoms with E-state index in [1.807, 2.05) is 31.2 Å². The summed E-state index contributed by atoms with van der Waals surface area (Å²) in [6.07, 6.45) is -4.70. The molecule has 0 radical (unpaired) electrons. The van der Waals surface area contributed by atoms with Gasteiger partial charge in [-0.15, -0.1) is 0 Å². The van der Waals surface area contributed by atoms with Crippen molar-refractivity contribution in [1.29, 1.82) is 0 Å². The summed E-state index contributed by atoms with van der Waals surface area (Å²) < 4.78 is 42.7. The quantitative estimate of drug-likeness (QED) is 0.443. The maximum atomic E-state index is 13.5. The summed E-state index contributed by atoms with van der Waals surface area (Å²) in [5.41, 5.74) is 2.29. The number of hydrogen-bond donors (Lipinski definition) is 1. The number of aromatic nitrogens is 5. The van der Waals surface area contributed by atoms with Crippen LogP contribution in [0.15, 0.2) is 30.3 Å². The van der Waals surface area contributed by atoms with Crippen LogP contribution in [0.2, 0.25) is 5.02 Å². The van der Waals surface area contributed by atoms with Gasteiger partial charge in [0.15, 0.2) is 11.3 Å². The van der Waals surface area contributed by atoms with E-state index in [4.69, 9.17) is 11.6 Å². The number of benzene rings is 1. The second kappa shape index (κ2) is 8.18. The SMILES string of the molecule is Cc1cccc(Cn2nc(C)c(NC(=O)c3nn4c(C(F)(F)F)cc(C)nc4c3Cl)c2C)c1. The van der Waals surface area contributed by atoms with Crippen molar-refractivity contribution in [3.8, 4) is 0 Å². The van der Waals surface area contributed by atoms with E-state index in [9.17, 15) is 18.0 Å². The Morgan fingerprint density at radius 1 is 1.12 bits per heavy atom. The van der Waals surface area contributed by atoms with E-state index < -0.39 is 17.8 Å². The fraction of sp³-hybridized carbons (Fsp3) is 0.273. The van der Waals surface area contributed by atoms with Gasteiger partial charge in [-0.1, -0.05) is 41.4 Å². The van der Waals surface area contributed by atoms with Crippen molar-refractivity contribution in [2.24, 2.45) is 0 Å². The van der Waals surface area contributed by atoms with Crippen molar-refractivity contribution in [3.05, 3.63) is 75.0 Å². The topological polar surface area (TPSA) is 77.1 Å². The molecule has 0 saturated carbocycles. The highest BCUT2D eigenvalue weighted by Crippen LogP contribution is 2.32.